The fourth-order valence-corrected chi connectivity index (χ4v) is 2.38. The molecule has 0 amide bonds. The minimum Gasteiger partial charge on any atom is -0.320 e. The Bertz CT molecular complexity index is 837. The number of nitrogens with zero attached hydrogens (tertiary/aromatic N) is 5. The Morgan fingerprint density at radius 2 is 2.00 bits per heavy atom. The highest BCUT2D eigenvalue weighted by atomic mass is 15.1. The van der Waals surface area contributed by atoms with Crippen LogP contribution in [0.25, 0.3) is 22.6 Å². The third-order valence-electron chi connectivity index (χ3n) is 3.35. The lowest BCUT2D eigenvalue weighted by Gasteiger charge is -2.12. The van der Waals surface area contributed by atoms with Gasteiger partial charge in [0.25, 0.3) is 0 Å². The van der Waals surface area contributed by atoms with E-state index < -0.39 is 0 Å². The summed E-state index contributed by atoms with van der Waals surface area (Å²) in [7, 11) is 0. The van der Waals surface area contributed by atoms with Crippen LogP contribution in [0.2, 0.25) is 0 Å². The highest BCUT2D eigenvalue weighted by Gasteiger charge is 2.16. The van der Waals surface area contributed by atoms with Crippen LogP contribution in [-0.4, -0.2) is 19.5 Å². The normalized spacial score (nSPS) is 11.0. The third kappa shape index (κ3) is 2.25. The van der Waals surface area contributed by atoms with Crippen LogP contribution in [0, 0.1) is 18.3 Å². The summed E-state index contributed by atoms with van der Waals surface area (Å²) in [5.41, 5.74) is 4.03. The van der Waals surface area contributed by atoms with Crippen LogP contribution in [0.1, 0.15) is 31.1 Å². The molecule has 2 heterocycles. The van der Waals surface area contributed by atoms with E-state index in [4.69, 9.17) is 5.26 Å². The van der Waals surface area contributed by atoms with Gasteiger partial charge in [-0.05, 0) is 39.0 Å². The second-order valence-corrected chi connectivity index (χ2v) is 5.26. The number of aromatic nitrogens is 4. The molecule has 1 aromatic carbocycles. The maximum Gasteiger partial charge on any atom is 0.161 e. The monoisotopic (exact) mass is 277 g/mol. The van der Waals surface area contributed by atoms with Gasteiger partial charge in [-0.25, -0.2) is 9.97 Å². The van der Waals surface area contributed by atoms with Crippen molar-refractivity contribution in [1.29, 1.82) is 5.26 Å². The fraction of sp³-hybridized carbons (Fsp3) is 0.250. The van der Waals surface area contributed by atoms with Gasteiger partial charge in [0.1, 0.15) is 5.69 Å². The molecule has 5 heteroatoms. The summed E-state index contributed by atoms with van der Waals surface area (Å²) in [6.45, 7) is 6.11. The van der Waals surface area contributed by atoms with Crippen LogP contribution >= 0.6 is 0 Å². The van der Waals surface area contributed by atoms with Crippen molar-refractivity contribution in [3.05, 3.63) is 41.9 Å². The summed E-state index contributed by atoms with van der Waals surface area (Å²) < 4.78 is 2.12. The second kappa shape index (κ2) is 4.98. The van der Waals surface area contributed by atoms with Gasteiger partial charge >= 0.3 is 0 Å². The molecule has 0 spiro atoms. The lowest BCUT2D eigenvalue weighted by molar-refractivity contribution is 0.623. The van der Waals surface area contributed by atoms with Gasteiger partial charge in [0, 0.05) is 12.2 Å². The van der Waals surface area contributed by atoms with E-state index in [9.17, 15) is 0 Å². The van der Waals surface area contributed by atoms with Gasteiger partial charge in [0.2, 0.25) is 0 Å². The highest BCUT2D eigenvalue weighted by molar-refractivity contribution is 5.81. The predicted octanol–water partition coefficient (Wildman–Crippen LogP) is 3.25. The largest absolute Gasteiger partial charge is 0.320 e. The molecule has 0 aliphatic rings. The maximum atomic E-state index is 9.02. The fourth-order valence-electron chi connectivity index (χ4n) is 2.38. The van der Waals surface area contributed by atoms with Gasteiger partial charge in [-0.15, -0.1) is 0 Å². The molecule has 0 N–H and O–H groups in total. The molecule has 0 saturated carbocycles. The van der Waals surface area contributed by atoms with Crippen molar-refractivity contribution in [2.45, 2.75) is 26.8 Å². The van der Waals surface area contributed by atoms with Crippen LogP contribution in [0.4, 0.5) is 0 Å². The van der Waals surface area contributed by atoms with Crippen LogP contribution in [-0.2, 0) is 0 Å². The average Bonchev–Trinajstić information content (AvgIpc) is 2.86. The number of fused-ring (bicyclic) bond motifs is 1. The van der Waals surface area contributed by atoms with Crippen molar-refractivity contribution in [2.75, 3.05) is 0 Å². The van der Waals surface area contributed by atoms with Gasteiger partial charge in [-0.3, -0.25) is 4.98 Å². The summed E-state index contributed by atoms with van der Waals surface area (Å²) in [6, 6.07) is 7.94. The molecule has 21 heavy (non-hydrogen) atoms. The lowest BCUT2D eigenvalue weighted by Crippen LogP contribution is -2.04. The molecule has 0 aliphatic carbocycles. The van der Waals surface area contributed by atoms with Crippen LogP contribution in [0.15, 0.2) is 30.6 Å². The number of rotatable bonds is 2. The molecular weight excluding hydrogens is 262 g/mol. The number of benzene rings is 1. The zero-order valence-corrected chi connectivity index (χ0v) is 12.2. The first-order valence-electron chi connectivity index (χ1n) is 6.81. The lowest BCUT2D eigenvalue weighted by atomic mass is 10.2. The van der Waals surface area contributed by atoms with Gasteiger partial charge < -0.3 is 4.57 Å². The summed E-state index contributed by atoms with van der Waals surface area (Å²) in [5, 5.41) is 9.02. The van der Waals surface area contributed by atoms with E-state index >= 15 is 0 Å². The van der Waals surface area contributed by atoms with Crippen LogP contribution < -0.4 is 0 Å². The Morgan fingerprint density at radius 1 is 1.19 bits per heavy atom. The molecule has 2 aromatic heterocycles. The average molecular weight is 277 g/mol. The molecule has 0 bridgehead atoms. The molecule has 0 radical (unpaired) electrons. The maximum absolute atomic E-state index is 9.02. The van der Waals surface area contributed by atoms with E-state index in [1.807, 2.05) is 19.1 Å². The highest BCUT2D eigenvalue weighted by Crippen LogP contribution is 2.27. The Morgan fingerprint density at radius 3 is 2.62 bits per heavy atom. The first-order chi connectivity index (χ1) is 10.1. The van der Waals surface area contributed by atoms with E-state index in [-0.39, 0.29) is 6.04 Å². The molecule has 0 aliphatic heterocycles. The van der Waals surface area contributed by atoms with Gasteiger partial charge in [-0.2, -0.15) is 5.26 Å². The minimum atomic E-state index is 0.237. The summed E-state index contributed by atoms with van der Waals surface area (Å²) in [5.74, 6) is 0.780. The first-order valence-corrected chi connectivity index (χ1v) is 6.81. The molecule has 3 rings (SSSR count). The van der Waals surface area contributed by atoms with E-state index in [1.54, 1.807) is 18.5 Å². The predicted molar refractivity (Wildman–Crippen MR) is 80.6 cm³/mol. The second-order valence-electron chi connectivity index (χ2n) is 5.26. The summed E-state index contributed by atoms with van der Waals surface area (Å²) >= 11 is 0. The molecule has 3 aromatic rings. The SMILES string of the molecule is Cc1cnc(-c2nc3cc(C#N)ccc3n2C(C)C)cn1. The Balaban J connectivity index is 2.28. The van der Waals surface area contributed by atoms with E-state index in [0.29, 0.717) is 5.56 Å². The first kappa shape index (κ1) is 13.3. The molecule has 5 nitrogen and oxygen atoms in total. The third-order valence-corrected chi connectivity index (χ3v) is 3.35. The van der Waals surface area contributed by atoms with Crippen molar-refractivity contribution < 1.29 is 0 Å². The number of nitriles is 1. The Labute approximate surface area is 122 Å². The van der Waals surface area contributed by atoms with Gasteiger partial charge in [0.05, 0.1) is 34.6 Å². The van der Waals surface area contributed by atoms with Crippen LogP contribution in [0.3, 0.4) is 0 Å². The molecule has 0 atom stereocenters. The van der Waals surface area contributed by atoms with E-state index in [0.717, 1.165) is 28.2 Å². The molecule has 0 unspecified atom stereocenters. The van der Waals surface area contributed by atoms with Crippen molar-refractivity contribution >= 4 is 11.0 Å². The topological polar surface area (TPSA) is 67.4 Å². The molecule has 104 valence electrons. The van der Waals surface area contributed by atoms with Crippen molar-refractivity contribution in [1.82, 2.24) is 19.5 Å². The summed E-state index contributed by atoms with van der Waals surface area (Å²) in [6.07, 6.45) is 3.47. The van der Waals surface area contributed by atoms with Crippen LogP contribution in [0.5, 0.6) is 0 Å². The minimum absolute atomic E-state index is 0.237. The molecule has 0 fully saturated rings. The number of aryl methyl sites for hydroxylation is 1. The standard InChI is InChI=1S/C16H15N5/c1-10(2)21-15-5-4-12(7-17)6-13(15)20-16(21)14-9-18-11(3)8-19-14/h4-6,8-10H,1-3H3. The number of hydrogen-bond donors (Lipinski definition) is 0. The quantitative estimate of drug-likeness (QED) is 0.721. The number of imidazole rings is 1. The smallest absolute Gasteiger partial charge is 0.161 e. The zero-order chi connectivity index (χ0) is 15.0. The Kier molecular flexibility index (Phi) is 3.15. The van der Waals surface area contributed by atoms with Crippen molar-refractivity contribution in [3.8, 4) is 17.6 Å². The Hall–Kier alpha value is -2.74. The van der Waals surface area contributed by atoms with Gasteiger partial charge in [0.15, 0.2) is 5.82 Å². The molecular formula is C16H15N5. The van der Waals surface area contributed by atoms with Crippen molar-refractivity contribution in [2.24, 2.45) is 0 Å². The molecule has 0 saturated heterocycles. The van der Waals surface area contributed by atoms with Crippen molar-refractivity contribution in [3.63, 3.8) is 0 Å². The summed E-state index contributed by atoms with van der Waals surface area (Å²) in [4.78, 5) is 13.4. The van der Waals surface area contributed by atoms with Gasteiger partial charge in [-0.1, -0.05) is 0 Å². The van der Waals surface area contributed by atoms with E-state index in [2.05, 4.69) is 39.4 Å². The zero-order valence-electron chi connectivity index (χ0n) is 12.2. The van der Waals surface area contributed by atoms with E-state index in [1.165, 1.54) is 0 Å². The number of hydrogen-bond acceptors (Lipinski definition) is 4.